The average molecular weight is 323 g/mol. The average Bonchev–Trinajstić information content (AvgIpc) is 2.90. The molecule has 4 nitrogen and oxygen atoms in total. The van der Waals surface area contributed by atoms with E-state index in [0.717, 1.165) is 12.1 Å². The number of nitrogens with one attached hydrogen (secondary N) is 1. The van der Waals surface area contributed by atoms with Gasteiger partial charge in [-0.2, -0.15) is 0 Å². The molecule has 1 saturated heterocycles. The minimum Gasteiger partial charge on any atom is -0.347 e. The van der Waals surface area contributed by atoms with Crippen LogP contribution in [0.1, 0.15) is 47.3 Å². The van der Waals surface area contributed by atoms with E-state index in [4.69, 9.17) is 0 Å². The van der Waals surface area contributed by atoms with Crippen LogP contribution in [0.15, 0.2) is 48.7 Å². The molecule has 0 unspecified atom stereocenters. The number of nitrogens with zero attached hydrogens (tertiary/aromatic N) is 2. The Hall–Kier alpha value is -2.20. The van der Waals surface area contributed by atoms with Crippen LogP contribution in [0.2, 0.25) is 0 Å². The van der Waals surface area contributed by atoms with E-state index in [2.05, 4.69) is 39.5 Å². The summed E-state index contributed by atoms with van der Waals surface area (Å²) in [4.78, 5) is 18.6. The molecule has 1 aromatic carbocycles. The van der Waals surface area contributed by atoms with Gasteiger partial charge in [0.25, 0.3) is 5.91 Å². The van der Waals surface area contributed by atoms with Crippen molar-refractivity contribution < 1.29 is 4.79 Å². The van der Waals surface area contributed by atoms with Crippen LogP contribution >= 0.6 is 0 Å². The molecule has 0 saturated carbocycles. The van der Waals surface area contributed by atoms with Crippen molar-refractivity contribution in [1.29, 1.82) is 0 Å². The SMILES string of the molecule is O=C(NCc1ccc(CN2CCCCCC2)cc1)c1ccccn1. The Kier molecular flexibility index (Phi) is 5.96. The summed E-state index contributed by atoms with van der Waals surface area (Å²) in [5, 5.41) is 2.91. The third-order valence-electron chi connectivity index (χ3n) is 4.48. The van der Waals surface area contributed by atoms with Crippen LogP contribution in [0.25, 0.3) is 0 Å². The molecule has 0 radical (unpaired) electrons. The zero-order valence-electron chi connectivity index (χ0n) is 14.1. The topological polar surface area (TPSA) is 45.2 Å². The summed E-state index contributed by atoms with van der Waals surface area (Å²) in [6.45, 7) is 3.98. The van der Waals surface area contributed by atoms with Crippen LogP contribution in [-0.2, 0) is 13.1 Å². The predicted octanol–water partition coefficient (Wildman–Crippen LogP) is 3.39. The van der Waals surface area contributed by atoms with Gasteiger partial charge in [0, 0.05) is 19.3 Å². The zero-order valence-corrected chi connectivity index (χ0v) is 14.1. The second kappa shape index (κ2) is 8.60. The highest BCUT2D eigenvalue weighted by atomic mass is 16.1. The van der Waals surface area contributed by atoms with E-state index in [1.165, 1.54) is 44.3 Å². The summed E-state index contributed by atoms with van der Waals surface area (Å²) in [7, 11) is 0. The van der Waals surface area contributed by atoms with Crippen molar-refractivity contribution in [3.05, 3.63) is 65.5 Å². The van der Waals surface area contributed by atoms with Crippen molar-refractivity contribution in [3.8, 4) is 0 Å². The number of benzene rings is 1. The Morgan fingerprint density at radius 1 is 0.958 bits per heavy atom. The lowest BCUT2D eigenvalue weighted by atomic mass is 10.1. The van der Waals surface area contributed by atoms with Gasteiger partial charge >= 0.3 is 0 Å². The van der Waals surface area contributed by atoms with E-state index in [-0.39, 0.29) is 5.91 Å². The molecule has 24 heavy (non-hydrogen) atoms. The molecule has 1 N–H and O–H groups in total. The number of amides is 1. The summed E-state index contributed by atoms with van der Waals surface area (Å²) in [5.74, 6) is -0.135. The highest BCUT2D eigenvalue weighted by Crippen LogP contribution is 2.14. The summed E-state index contributed by atoms with van der Waals surface area (Å²) in [6.07, 6.45) is 7.00. The van der Waals surface area contributed by atoms with E-state index in [1.54, 1.807) is 18.3 Å². The molecule has 0 spiro atoms. The maximum atomic E-state index is 12.0. The van der Waals surface area contributed by atoms with Crippen LogP contribution in [-0.4, -0.2) is 28.9 Å². The normalized spacial score (nSPS) is 15.7. The van der Waals surface area contributed by atoms with Gasteiger partial charge in [-0.05, 0) is 49.2 Å². The predicted molar refractivity (Wildman–Crippen MR) is 95.6 cm³/mol. The first-order chi connectivity index (χ1) is 11.8. The molecule has 1 fully saturated rings. The number of carbonyl (C=O) groups is 1. The highest BCUT2D eigenvalue weighted by Gasteiger charge is 2.09. The second-order valence-corrected chi connectivity index (χ2v) is 6.40. The van der Waals surface area contributed by atoms with Gasteiger partial charge in [0.15, 0.2) is 0 Å². The Morgan fingerprint density at radius 3 is 2.33 bits per heavy atom. The van der Waals surface area contributed by atoms with Gasteiger partial charge in [-0.25, -0.2) is 0 Å². The molecular weight excluding hydrogens is 298 g/mol. The van der Waals surface area contributed by atoms with Gasteiger partial charge in [-0.15, -0.1) is 0 Å². The van der Waals surface area contributed by atoms with Crippen molar-refractivity contribution >= 4 is 5.91 Å². The zero-order chi connectivity index (χ0) is 16.6. The van der Waals surface area contributed by atoms with Gasteiger partial charge in [-0.1, -0.05) is 43.2 Å². The number of likely N-dealkylation sites (tertiary alicyclic amines) is 1. The van der Waals surface area contributed by atoms with Crippen molar-refractivity contribution in [2.45, 2.75) is 38.8 Å². The largest absolute Gasteiger partial charge is 0.347 e. The van der Waals surface area contributed by atoms with Gasteiger partial charge in [-0.3, -0.25) is 14.7 Å². The number of aromatic nitrogens is 1. The lowest BCUT2D eigenvalue weighted by Gasteiger charge is -2.19. The van der Waals surface area contributed by atoms with Crippen molar-refractivity contribution in [3.63, 3.8) is 0 Å². The van der Waals surface area contributed by atoms with Crippen LogP contribution in [0, 0.1) is 0 Å². The second-order valence-electron chi connectivity index (χ2n) is 6.40. The maximum Gasteiger partial charge on any atom is 0.270 e. The smallest absolute Gasteiger partial charge is 0.270 e. The van der Waals surface area contributed by atoms with Gasteiger partial charge in [0.1, 0.15) is 5.69 Å². The lowest BCUT2D eigenvalue weighted by molar-refractivity contribution is 0.0946. The minimum atomic E-state index is -0.135. The van der Waals surface area contributed by atoms with E-state index in [9.17, 15) is 4.79 Å². The monoisotopic (exact) mass is 323 g/mol. The molecule has 126 valence electrons. The molecular formula is C20H25N3O. The molecule has 1 aliphatic heterocycles. The minimum absolute atomic E-state index is 0.135. The number of hydrogen-bond donors (Lipinski definition) is 1. The highest BCUT2D eigenvalue weighted by molar-refractivity contribution is 5.92. The first-order valence-electron chi connectivity index (χ1n) is 8.81. The molecule has 4 heteroatoms. The summed E-state index contributed by atoms with van der Waals surface area (Å²) >= 11 is 0. The molecule has 0 atom stereocenters. The fourth-order valence-corrected chi connectivity index (χ4v) is 3.08. The van der Waals surface area contributed by atoms with E-state index in [0.29, 0.717) is 12.2 Å². The fraction of sp³-hybridized carbons (Fsp3) is 0.400. The van der Waals surface area contributed by atoms with Crippen molar-refractivity contribution in [2.75, 3.05) is 13.1 Å². The molecule has 2 heterocycles. The Morgan fingerprint density at radius 2 is 1.67 bits per heavy atom. The van der Waals surface area contributed by atoms with Gasteiger partial charge in [0.2, 0.25) is 0 Å². The Labute approximate surface area is 143 Å². The summed E-state index contributed by atoms with van der Waals surface area (Å²) in [5.41, 5.74) is 2.91. The first kappa shape index (κ1) is 16.7. The third-order valence-corrected chi connectivity index (χ3v) is 4.48. The Bertz CT molecular complexity index is 632. The van der Waals surface area contributed by atoms with Crippen molar-refractivity contribution in [1.82, 2.24) is 15.2 Å². The number of carbonyl (C=O) groups excluding carboxylic acids is 1. The van der Waals surface area contributed by atoms with Gasteiger partial charge < -0.3 is 5.32 Å². The Balaban J connectivity index is 1.50. The summed E-state index contributed by atoms with van der Waals surface area (Å²) < 4.78 is 0. The maximum absolute atomic E-state index is 12.0. The molecule has 1 amide bonds. The fourth-order valence-electron chi connectivity index (χ4n) is 3.08. The van der Waals surface area contributed by atoms with E-state index >= 15 is 0 Å². The molecule has 1 aliphatic rings. The number of hydrogen-bond acceptors (Lipinski definition) is 3. The van der Waals surface area contributed by atoms with Crippen molar-refractivity contribution in [2.24, 2.45) is 0 Å². The molecule has 2 aromatic rings. The van der Waals surface area contributed by atoms with Crippen LogP contribution in [0.3, 0.4) is 0 Å². The standard InChI is InChI=1S/C20H25N3O/c24-20(19-7-3-4-12-21-19)22-15-17-8-10-18(11-9-17)16-23-13-5-1-2-6-14-23/h3-4,7-12H,1-2,5-6,13-16H2,(H,22,24). The number of pyridine rings is 1. The molecule has 0 aliphatic carbocycles. The van der Waals surface area contributed by atoms with Gasteiger partial charge in [0.05, 0.1) is 0 Å². The van der Waals surface area contributed by atoms with Crippen LogP contribution in [0.4, 0.5) is 0 Å². The van der Waals surface area contributed by atoms with Crippen LogP contribution in [0.5, 0.6) is 0 Å². The van der Waals surface area contributed by atoms with E-state index < -0.39 is 0 Å². The lowest BCUT2D eigenvalue weighted by Crippen LogP contribution is -2.24. The van der Waals surface area contributed by atoms with E-state index in [1.807, 2.05) is 6.07 Å². The third kappa shape index (κ3) is 4.90. The number of rotatable bonds is 5. The molecule has 0 bridgehead atoms. The summed E-state index contributed by atoms with van der Waals surface area (Å²) in [6, 6.07) is 13.9. The quantitative estimate of drug-likeness (QED) is 0.917. The first-order valence-corrected chi connectivity index (χ1v) is 8.81. The molecule has 1 aromatic heterocycles. The van der Waals surface area contributed by atoms with Crippen LogP contribution < -0.4 is 5.32 Å². The molecule has 3 rings (SSSR count).